The van der Waals surface area contributed by atoms with Crippen molar-refractivity contribution in [2.24, 2.45) is 0 Å². The summed E-state index contributed by atoms with van der Waals surface area (Å²) >= 11 is 1.61. The molecule has 0 amide bonds. The molecule has 0 spiro atoms. The van der Waals surface area contributed by atoms with Gasteiger partial charge in [-0.3, -0.25) is 4.90 Å². The minimum absolute atomic E-state index is 0.255. The summed E-state index contributed by atoms with van der Waals surface area (Å²) in [6, 6.07) is 2.44. The van der Waals surface area contributed by atoms with Crippen molar-refractivity contribution in [3.63, 3.8) is 0 Å². The third-order valence-corrected chi connectivity index (χ3v) is 3.49. The number of thiophene rings is 1. The molecule has 0 fully saturated rings. The molecule has 0 saturated heterocycles. The Bertz CT molecular complexity index is 347. The molecule has 0 aromatic carbocycles. The van der Waals surface area contributed by atoms with Crippen molar-refractivity contribution in [3.8, 4) is 0 Å². The van der Waals surface area contributed by atoms with E-state index in [1.54, 1.807) is 11.3 Å². The van der Waals surface area contributed by atoms with Gasteiger partial charge in [-0.05, 0) is 26.5 Å². The highest BCUT2D eigenvalue weighted by Crippen LogP contribution is 2.18. The second kappa shape index (κ2) is 6.01. The van der Waals surface area contributed by atoms with Gasteiger partial charge in [0.05, 0.1) is 12.7 Å². The Morgan fingerprint density at radius 3 is 2.75 bits per heavy atom. The maximum absolute atomic E-state index is 11.3. The number of hydrogen-bond acceptors (Lipinski definition) is 4. The molecule has 0 aliphatic carbocycles. The van der Waals surface area contributed by atoms with Crippen LogP contribution in [0.3, 0.4) is 0 Å². The minimum atomic E-state index is -0.255. The summed E-state index contributed by atoms with van der Waals surface area (Å²) < 4.78 is 4.68. The summed E-state index contributed by atoms with van der Waals surface area (Å²) in [5.74, 6) is -0.255. The molecule has 16 heavy (non-hydrogen) atoms. The van der Waals surface area contributed by atoms with E-state index in [2.05, 4.69) is 30.4 Å². The quantitative estimate of drug-likeness (QED) is 0.742. The zero-order valence-electron chi connectivity index (χ0n) is 10.3. The van der Waals surface area contributed by atoms with Crippen LogP contribution in [-0.4, -0.2) is 30.6 Å². The first kappa shape index (κ1) is 13.2. The van der Waals surface area contributed by atoms with Gasteiger partial charge >= 0.3 is 5.97 Å². The molecule has 90 valence electrons. The Morgan fingerprint density at radius 1 is 1.56 bits per heavy atom. The number of carbonyl (C=O) groups excluding carboxylic acids is 1. The second-order valence-electron chi connectivity index (χ2n) is 3.95. The SMILES string of the molecule is CCN(Cc1cc(C(=O)OC)cs1)C(C)C. The number of carbonyl (C=O) groups is 1. The standard InChI is InChI=1S/C12H19NO2S/c1-5-13(9(2)3)7-11-6-10(8-16-11)12(14)15-4/h6,8-9H,5,7H2,1-4H3. The fraction of sp³-hybridized carbons (Fsp3) is 0.583. The van der Waals surface area contributed by atoms with Crippen molar-refractivity contribution in [1.29, 1.82) is 0 Å². The minimum Gasteiger partial charge on any atom is -0.465 e. The molecule has 0 N–H and O–H groups in total. The lowest BCUT2D eigenvalue weighted by Gasteiger charge is -2.23. The molecule has 0 atom stereocenters. The van der Waals surface area contributed by atoms with E-state index < -0.39 is 0 Å². The summed E-state index contributed by atoms with van der Waals surface area (Å²) in [6.45, 7) is 8.42. The van der Waals surface area contributed by atoms with Crippen LogP contribution in [0.2, 0.25) is 0 Å². The Kier molecular flexibility index (Phi) is 4.96. The molecule has 0 aliphatic heterocycles. The van der Waals surface area contributed by atoms with Crippen molar-refractivity contribution in [2.45, 2.75) is 33.4 Å². The molecule has 1 heterocycles. The summed E-state index contributed by atoms with van der Waals surface area (Å²) in [6.07, 6.45) is 0. The predicted octanol–water partition coefficient (Wildman–Crippen LogP) is 2.77. The molecule has 0 saturated carbocycles. The largest absolute Gasteiger partial charge is 0.465 e. The monoisotopic (exact) mass is 241 g/mol. The van der Waals surface area contributed by atoms with Crippen LogP contribution in [0.25, 0.3) is 0 Å². The van der Waals surface area contributed by atoms with E-state index in [1.165, 1.54) is 12.0 Å². The Morgan fingerprint density at radius 2 is 2.25 bits per heavy atom. The average Bonchev–Trinajstić information content (AvgIpc) is 2.72. The molecule has 1 aromatic heterocycles. The lowest BCUT2D eigenvalue weighted by molar-refractivity contribution is 0.0601. The van der Waals surface area contributed by atoms with Gasteiger partial charge in [0.25, 0.3) is 0 Å². The van der Waals surface area contributed by atoms with E-state index in [4.69, 9.17) is 0 Å². The van der Waals surface area contributed by atoms with Crippen molar-refractivity contribution in [1.82, 2.24) is 4.90 Å². The highest BCUT2D eigenvalue weighted by molar-refractivity contribution is 7.10. The van der Waals surface area contributed by atoms with Crippen molar-refractivity contribution in [2.75, 3.05) is 13.7 Å². The van der Waals surface area contributed by atoms with E-state index in [1.807, 2.05) is 11.4 Å². The van der Waals surface area contributed by atoms with E-state index in [0.29, 0.717) is 11.6 Å². The van der Waals surface area contributed by atoms with Gasteiger partial charge in [0.2, 0.25) is 0 Å². The topological polar surface area (TPSA) is 29.5 Å². The van der Waals surface area contributed by atoms with Gasteiger partial charge < -0.3 is 4.74 Å². The van der Waals surface area contributed by atoms with Crippen LogP contribution in [0, 0.1) is 0 Å². The van der Waals surface area contributed by atoms with Crippen LogP contribution in [0.15, 0.2) is 11.4 Å². The maximum Gasteiger partial charge on any atom is 0.338 e. The number of ether oxygens (including phenoxy) is 1. The van der Waals surface area contributed by atoms with Crippen LogP contribution in [0.5, 0.6) is 0 Å². The molecule has 0 radical (unpaired) electrons. The van der Waals surface area contributed by atoms with Gasteiger partial charge in [-0.1, -0.05) is 6.92 Å². The third-order valence-electron chi connectivity index (χ3n) is 2.57. The number of methoxy groups -OCH3 is 1. The highest BCUT2D eigenvalue weighted by atomic mass is 32.1. The number of hydrogen-bond donors (Lipinski definition) is 0. The fourth-order valence-corrected chi connectivity index (χ4v) is 2.43. The average molecular weight is 241 g/mol. The number of nitrogens with zero attached hydrogens (tertiary/aromatic N) is 1. The lowest BCUT2D eigenvalue weighted by atomic mass is 10.2. The Labute approximate surface area is 101 Å². The van der Waals surface area contributed by atoms with Crippen LogP contribution >= 0.6 is 11.3 Å². The first-order valence-electron chi connectivity index (χ1n) is 5.48. The fourth-order valence-electron chi connectivity index (χ4n) is 1.55. The first-order valence-corrected chi connectivity index (χ1v) is 6.36. The Hall–Kier alpha value is -0.870. The Balaban J connectivity index is 2.67. The summed E-state index contributed by atoms with van der Waals surface area (Å²) in [7, 11) is 1.41. The molecular weight excluding hydrogens is 222 g/mol. The lowest BCUT2D eigenvalue weighted by Crippen LogP contribution is -2.29. The summed E-state index contributed by atoms with van der Waals surface area (Å²) in [4.78, 5) is 14.8. The normalized spacial score (nSPS) is 11.1. The highest BCUT2D eigenvalue weighted by Gasteiger charge is 2.12. The van der Waals surface area contributed by atoms with Crippen LogP contribution in [0.1, 0.15) is 36.0 Å². The van der Waals surface area contributed by atoms with E-state index in [-0.39, 0.29) is 5.97 Å². The van der Waals surface area contributed by atoms with Gasteiger partial charge in [-0.15, -0.1) is 11.3 Å². The van der Waals surface area contributed by atoms with Gasteiger partial charge in [0.1, 0.15) is 0 Å². The van der Waals surface area contributed by atoms with Gasteiger partial charge in [0, 0.05) is 22.8 Å². The summed E-state index contributed by atoms with van der Waals surface area (Å²) in [5.41, 5.74) is 0.655. The van der Waals surface area contributed by atoms with Crippen LogP contribution in [0.4, 0.5) is 0 Å². The molecule has 4 heteroatoms. The smallest absolute Gasteiger partial charge is 0.338 e. The first-order chi connectivity index (χ1) is 7.58. The number of rotatable bonds is 5. The number of esters is 1. The maximum atomic E-state index is 11.3. The molecule has 3 nitrogen and oxygen atoms in total. The van der Waals surface area contributed by atoms with Crippen molar-refractivity contribution >= 4 is 17.3 Å². The molecular formula is C12H19NO2S. The van der Waals surface area contributed by atoms with Crippen LogP contribution in [-0.2, 0) is 11.3 Å². The van der Waals surface area contributed by atoms with E-state index in [9.17, 15) is 4.79 Å². The zero-order chi connectivity index (χ0) is 12.1. The van der Waals surface area contributed by atoms with Gasteiger partial charge in [-0.2, -0.15) is 0 Å². The van der Waals surface area contributed by atoms with E-state index >= 15 is 0 Å². The predicted molar refractivity (Wildman–Crippen MR) is 66.9 cm³/mol. The molecule has 0 unspecified atom stereocenters. The van der Waals surface area contributed by atoms with Gasteiger partial charge in [-0.25, -0.2) is 4.79 Å². The molecule has 0 bridgehead atoms. The summed E-state index contributed by atoms with van der Waals surface area (Å²) in [5, 5.41) is 1.86. The van der Waals surface area contributed by atoms with Crippen molar-refractivity contribution < 1.29 is 9.53 Å². The molecule has 1 rings (SSSR count). The van der Waals surface area contributed by atoms with Crippen molar-refractivity contribution in [3.05, 3.63) is 21.9 Å². The zero-order valence-corrected chi connectivity index (χ0v) is 11.1. The van der Waals surface area contributed by atoms with Gasteiger partial charge in [0.15, 0.2) is 0 Å². The third kappa shape index (κ3) is 3.32. The molecule has 0 aliphatic rings. The second-order valence-corrected chi connectivity index (χ2v) is 4.95. The van der Waals surface area contributed by atoms with Crippen LogP contribution < -0.4 is 0 Å². The van der Waals surface area contributed by atoms with E-state index in [0.717, 1.165) is 13.1 Å². The molecule has 1 aromatic rings.